The second kappa shape index (κ2) is 4.91. The van der Waals surface area contributed by atoms with E-state index >= 15 is 0 Å². The lowest BCUT2D eigenvalue weighted by molar-refractivity contribution is 0.590. The molecule has 4 aromatic rings. The van der Waals surface area contributed by atoms with Crippen LogP contribution in [0.15, 0.2) is 71.1 Å². The minimum atomic E-state index is 0.630. The molecule has 0 fully saturated rings. The van der Waals surface area contributed by atoms with Crippen molar-refractivity contribution in [1.82, 2.24) is 4.98 Å². The molecule has 0 unspecified atom stereocenters. The van der Waals surface area contributed by atoms with Crippen LogP contribution in [0, 0.1) is 0 Å². The van der Waals surface area contributed by atoms with Crippen molar-refractivity contribution in [1.29, 1.82) is 0 Å². The van der Waals surface area contributed by atoms with Gasteiger partial charge < -0.3 is 4.42 Å². The molecule has 0 aliphatic heterocycles. The van der Waals surface area contributed by atoms with Crippen LogP contribution in [-0.4, -0.2) is 4.98 Å². The summed E-state index contributed by atoms with van der Waals surface area (Å²) in [5.74, 6) is 0.630. The lowest BCUT2D eigenvalue weighted by Gasteiger charge is -1.95. The largest absolute Gasteiger partial charge is 0.437 e. The quantitative estimate of drug-likeness (QED) is 0.504. The molecule has 0 saturated carbocycles. The number of nitrogens with zero attached hydrogens (tertiary/aromatic N) is 1. The first-order chi connectivity index (χ1) is 10.4. The minimum Gasteiger partial charge on any atom is -0.437 e. The Balaban J connectivity index is 1.80. The zero-order chi connectivity index (χ0) is 14.1. The van der Waals surface area contributed by atoms with Gasteiger partial charge in [0.2, 0.25) is 5.89 Å². The van der Waals surface area contributed by atoms with Crippen LogP contribution < -0.4 is 0 Å². The van der Waals surface area contributed by atoms with Gasteiger partial charge in [-0.05, 0) is 23.1 Å². The van der Waals surface area contributed by atoms with Crippen LogP contribution in [0.2, 0.25) is 0 Å². The van der Waals surface area contributed by atoms with E-state index in [2.05, 4.69) is 35.3 Å². The van der Waals surface area contributed by atoms with Gasteiger partial charge in [0, 0.05) is 11.5 Å². The maximum atomic E-state index is 5.80. The summed E-state index contributed by atoms with van der Waals surface area (Å²) in [4.78, 5) is 4.60. The fourth-order valence-electron chi connectivity index (χ4n) is 2.48. The van der Waals surface area contributed by atoms with Crippen LogP contribution in [0.3, 0.4) is 0 Å². The molecule has 0 bridgehead atoms. The van der Waals surface area contributed by atoms with E-state index in [4.69, 9.17) is 4.42 Å². The van der Waals surface area contributed by atoms with E-state index in [0.717, 1.165) is 22.0 Å². The van der Waals surface area contributed by atoms with Crippen LogP contribution in [0.5, 0.6) is 0 Å². The number of hydrogen-bond donors (Lipinski definition) is 0. The Labute approximate surface area is 122 Å². The molecule has 21 heavy (non-hydrogen) atoms. The minimum absolute atomic E-state index is 0.630. The lowest BCUT2D eigenvalue weighted by atomic mass is 10.1. The molecule has 0 atom stereocenters. The maximum absolute atomic E-state index is 5.80. The van der Waals surface area contributed by atoms with Crippen molar-refractivity contribution < 1.29 is 4.42 Å². The molecule has 0 aliphatic rings. The van der Waals surface area contributed by atoms with Crippen molar-refractivity contribution in [3.8, 4) is 0 Å². The molecule has 0 aliphatic carbocycles. The van der Waals surface area contributed by atoms with Crippen molar-refractivity contribution >= 4 is 34.0 Å². The highest BCUT2D eigenvalue weighted by atomic mass is 16.3. The number of rotatable bonds is 2. The highest BCUT2D eigenvalue weighted by Crippen LogP contribution is 2.26. The predicted octanol–water partition coefficient (Wildman–Crippen LogP) is 5.15. The van der Waals surface area contributed by atoms with Crippen molar-refractivity contribution in [3.63, 3.8) is 0 Å². The van der Waals surface area contributed by atoms with E-state index in [-0.39, 0.29) is 0 Å². The molecule has 0 spiro atoms. The summed E-state index contributed by atoms with van der Waals surface area (Å²) in [5, 5.41) is 2.30. The average Bonchev–Trinajstić information content (AvgIpc) is 2.97. The Morgan fingerprint density at radius 1 is 0.762 bits per heavy atom. The SMILES string of the molecule is C(=C/c1nc2c(ccc3ccccc32)o1)/c1ccccc1. The molecule has 0 amide bonds. The Hall–Kier alpha value is -2.87. The normalized spacial score (nSPS) is 11.6. The standard InChI is InChI=1S/C19H13NO/c1-2-6-14(7-3-1)10-13-18-20-19-16-9-5-4-8-15(16)11-12-17(19)21-18/h1-13H/b13-10-. The molecule has 0 radical (unpaired) electrons. The topological polar surface area (TPSA) is 26.0 Å². The Kier molecular flexibility index (Phi) is 2.79. The molecule has 1 heterocycles. The van der Waals surface area contributed by atoms with Gasteiger partial charge in [0.15, 0.2) is 5.58 Å². The van der Waals surface area contributed by atoms with E-state index in [1.54, 1.807) is 0 Å². The van der Waals surface area contributed by atoms with Crippen molar-refractivity contribution in [2.45, 2.75) is 0 Å². The van der Waals surface area contributed by atoms with E-state index in [1.165, 1.54) is 5.39 Å². The second-order valence-corrected chi connectivity index (χ2v) is 4.93. The van der Waals surface area contributed by atoms with Crippen molar-refractivity contribution in [3.05, 3.63) is 78.2 Å². The summed E-state index contributed by atoms with van der Waals surface area (Å²) in [5.41, 5.74) is 2.87. The third kappa shape index (κ3) is 2.21. The first kappa shape index (κ1) is 11.9. The maximum Gasteiger partial charge on any atom is 0.220 e. The average molecular weight is 271 g/mol. The molecular formula is C19H13NO. The summed E-state index contributed by atoms with van der Waals surface area (Å²) in [6, 6.07) is 22.4. The zero-order valence-corrected chi connectivity index (χ0v) is 11.4. The number of oxazole rings is 1. The first-order valence-corrected chi connectivity index (χ1v) is 6.91. The lowest BCUT2D eigenvalue weighted by Crippen LogP contribution is -1.75. The van der Waals surface area contributed by atoms with Crippen LogP contribution in [0.25, 0.3) is 34.0 Å². The molecule has 100 valence electrons. The fourth-order valence-corrected chi connectivity index (χ4v) is 2.48. The molecule has 3 aromatic carbocycles. The number of hydrogen-bond acceptors (Lipinski definition) is 2. The summed E-state index contributed by atoms with van der Waals surface area (Å²) < 4.78 is 5.80. The Morgan fingerprint density at radius 3 is 2.48 bits per heavy atom. The summed E-state index contributed by atoms with van der Waals surface area (Å²) >= 11 is 0. The van der Waals surface area contributed by atoms with Crippen LogP contribution >= 0.6 is 0 Å². The third-order valence-corrected chi connectivity index (χ3v) is 3.52. The van der Waals surface area contributed by atoms with Gasteiger partial charge in [-0.1, -0.05) is 60.7 Å². The number of fused-ring (bicyclic) bond motifs is 3. The van der Waals surface area contributed by atoms with Crippen LogP contribution in [0.4, 0.5) is 0 Å². The second-order valence-electron chi connectivity index (χ2n) is 4.93. The number of benzene rings is 3. The molecule has 0 saturated heterocycles. The van der Waals surface area contributed by atoms with Gasteiger partial charge in [0.05, 0.1) is 0 Å². The van der Waals surface area contributed by atoms with Crippen LogP contribution in [0.1, 0.15) is 11.5 Å². The van der Waals surface area contributed by atoms with Gasteiger partial charge in [0.1, 0.15) is 5.52 Å². The molecule has 2 heteroatoms. The Morgan fingerprint density at radius 2 is 1.57 bits per heavy atom. The van der Waals surface area contributed by atoms with E-state index < -0.39 is 0 Å². The molecular weight excluding hydrogens is 258 g/mol. The molecule has 2 nitrogen and oxygen atoms in total. The van der Waals surface area contributed by atoms with E-state index in [0.29, 0.717) is 5.89 Å². The zero-order valence-electron chi connectivity index (χ0n) is 11.4. The highest BCUT2D eigenvalue weighted by molar-refractivity contribution is 6.03. The highest BCUT2D eigenvalue weighted by Gasteiger charge is 2.06. The molecule has 4 rings (SSSR count). The summed E-state index contributed by atoms with van der Waals surface area (Å²) in [6.07, 6.45) is 3.91. The van der Waals surface area contributed by atoms with Gasteiger partial charge in [-0.2, -0.15) is 0 Å². The number of aromatic nitrogens is 1. The van der Waals surface area contributed by atoms with Gasteiger partial charge >= 0.3 is 0 Å². The van der Waals surface area contributed by atoms with Gasteiger partial charge in [0.25, 0.3) is 0 Å². The third-order valence-electron chi connectivity index (χ3n) is 3.52. The van der Waals surface area contributed by atoms with Gasteiger partial charge in [-0.3, -0.25) is 0 Å². The smallest absolute Gasteiger partial charge is 0.220 e. The monoisotopic (exact) mass is 271 g/mol. The fraction of sp³-hybridized carbons (Fsp3) is 0. The van der Waals surface area contributed by atoms with Crippen molar-refractivity contribution in [2.24, 2.45) is 0 Å². The van der Waals surface area contributed by atoms with E-state index in [9.17, 15) is 0 Å². The summed E-state index contributed by atoms with van der Waals surface area (Å²) in [6.45, 7) is 0. The molecule has 0 N–H and O–H groups in total. The van der Waals surface area contributed by atoms with Gasteiger partial charge in [-0.15, -0.1) is 0 Å². The van der Waals surface area contributed by atoms with Crippen LogP contribution in [-0.2, 0) is 0 Å². The molecule has 1 aromatic heterocycles. The summed E-state index contributed by atoms with van der Waals surface area (Å²) in [7, 11) is 0. The van der Waals surface area contributed by atoms with Crippen molar-refractivity contribution in [2.75, 3.05) is 0 Å². The Bertz CT molecular complexity index is 936. The van der Waals surface area contributed by atoms with Gasteiger partial charge in [-0.25, -0.2) is 4.98 Å². The first-order valence-electron chi connectivity index (χ1n) is 6.91. The predicted molar refractivity (Wildman–Crippen MR) is 86.9 cm³/mol. The van der Waals surface area contributed by atoms with E-state index in [1.807, 2.05) is 48.6 Å².